The lowest BCUT2D eigenvalue weighted by atomic mass is 10.1. The van der Waals surface area contributed by atoms with Crippen LogP contribution in [0.1, 0.15) is 81.5 Å². The molecule has 1 aromatic rings. The Hall–Kier alpha value is -1.64. The number of amides is 1. The molecule has 0 saturated heterocycles. The molecule has 0 bridgehead atoms. The number of benzene rings is 1. The van der Waals surface area contributed by atoms with Gasteiger partial charge >= 0.3 is 0 Å². The SMILES string of the molecule is CCCCCCCCCCCC(=O)NCC(=O)c1ccccc1. The Balaban J connectivity index is 1.97. The standard InChI is InChI=1S/C20H31NO2/c1-2-3-4-5-6-7-8-9-13-16-20(23)21-17-19(22)18-14-11-10-12-15-18/h10-12,14-15H,2-9,13,16-17H2,1H3,(H,21,23). The fourth-order valence-corrected chi connectivity index (χ4v) is 2.59. The predicted octanol–water partition coefficient (Wildman–Crippen LogP) is 4.91. The van der Waals surface area contributed by atoms with Gasteiger partial charge in [-0.05, 0) is 6.42 Å². The minimum Gasteiger partial charge on any atom is -0.349 e. The van der Waals surface area contributed by atoms with Gasteiger partial charge in [-0.3, -0.25) is 9.59 Å². The van der Waals surface area contributed by atoms with E-state index in [1.807, 2.05) is 18.2 Å². The minimum absolute atomic E-state index is 0.0165. The Bertz CT molecular complexity index is 442. The fourth-order valence-electron chi connectivity index (χ4n) is 2.59. The number of hydrogen-bond acceptors (Lipinski definition) is 2. The molecular formula is C20H31NO2. The van der Waals surface area contributed by atoms with Gasteiger partial charge in [0.2, 0.25) is 5.91 Å². The number of carbonyl (C=O) groups is 2. The van der Waals surface area contributed by atoms with Crippen molar-refractivity contribution < 1.29 is 9.59 Å². The van der Waals surface area contributed by atoms with Gasteiger partial charge < -0.3 is 5.32 Å². The average molecular weight is 317 g/mol. The van der Waals surface area contributed by atoms with E-state index in [4.69, 9.17) is 0 Å². The molecule has 0 aliphatic rings. The average Bonchev–Trinajstić information content (AvgIpc) is 2.59. The first-order chi connectivity index (χ1) is 11.2. The molecule has 1 rings (SSSR count). The van der Waals surface area contributed by atoms with Crippen LogP contribution in [0.3, 0.4) is 0 Å². The maximum absolute atomic E-state index is 11.9. The van der Waals surface area contributed by atoms with E-state index in [9.17, 15) is 9.59 Å². The summed E-state index contributed by atoms with van der Waals surface area (Å²) in [7, 11) is 0. The summed E-state index contributed by atoms with van der Waals surface area (Å²) < 4.78 is 0. The topological polar surface area (TPSA) is 46.2 Å². The molecule has 0 aliphatic heterocycles. The number of nitrogens with one attached hydrogen (secondary N) is 1. The third kappa shape index (κ3) is 9.88. The van der Waals surface area contributed by atoms with Gasteiger partial charge in [0.05, 0.1) is 6.54 Å². The van der Waals surface area contributed by atoms with E-state index in [-0.39, 0.29) is 18.2 Å². The van der Waals surface area contributed by atoms with Crippen LogP contribution in [0.5, 0.6) is 0 Å². The molecule has 1 aromatic carbocycles. The van der Waals surface area contributed by atoms with Gasteiger partial charge in [-0.15, -0.1) is 0 Å². The summed E-state index contributed by atoms with van der Waals surface area (Å²) in [4.78, 5) is 23.6. The van der Waals surface area contributed by atoms with Crippen LogP contribution >= 0.6 is 0 Å². The number of rotatable bonds is 13. The molecular weight excluding hydrogens is 286 g/mol. The van der Waals surface area contributed by atoms with E-state index in [1.54, 1.807) is 12.1 Å². The highest BCUT2D eigenvalue weighted by molar-refractivity contribution is 5.99. The van der Waals surface area contributed by atoms with Crippen LogP contribution in [-0.4, -0.2) is 18.2 Å². The van der Waals surface area contributed by atoms with E-state index < -0.39 is 0 Å². The van der Waals surface area contributed by atoms with Gasteiger partial charge in [0, 0.05) is 12.0 Å². The third-order valence-corrected chi connectivity index (χ3v) is 4.05. The summed E-state index contributed by atoms with van der Waals surface area (Å²) in [6.07, 6.45) is 11.7. The molecule has 23 heavy (non-hydrogen) atoms. The van der Waals surface area contributed by atoms with Gasteiger partial charge in [-0.25, -0.2) is 0 Å². The Morgan fingerprint density at radius 1 is 0.826 bits per heavy atom. The first kappa shape index (κ1) is 19.4. The summed E-state index contributed by atoms with van der Waals surface area (Å²) in [5.74, 6) is -0.0525. The summed E-state index contributed by atoms with van der Waals surface area (Å²) in [6.45, 7) is 2.33. The normalized spacial score (nSPS) is 10.5. The zero-order valence-corrected chi connectivity index (χ0v) is 14.5. The molecule has 0 radical (unpaired) electrons. The molecule has 3 nitrogen and oxygen atoms in total. The summed E-state index contributed by atoms with van der Waals surface area (Å²) in [5.41, 5.74) is 0.649. The highest BCUT2D eigenvalue weighted by Gasteiger charge is 2.07. The second-order valence-electron chi connectivity index (χ2n) is 6.14. The number of Topliss-reactive ketones (excluding diaryl/α,β-unsaturated/α-hetero) is 1. The molecule has 0 saturated carbocycles. The van der Waals surface area contributed by atoms with Crippen molar-refractivity contribution in [1.82, 2.24) is 5.32 Å². The van der Waals surface area contributed by atoms with Crippen molar-refractivity contribution in [2.45, 2.75) is 71.1 Å². The van der Waals surface area contributed by atoms with Gasteiger partial charge in [-0.2, -0.15) is 0 Å². The number of hydrogen-bond donors (Lipinski definition) is 1. The first-order valence-electron chi connectivity index (χ1n) is 9.09. The van der Waals surface area contributed by atoms with Crippen LogP contribution in [0.4, 0.5) is 0 Å². The maximum atomic E-state index is 11.9. The third-order valence-electron chi connectivity index (χ3n) is 4.05. The molecule has 1 N–H and O–H groups in total. The van der Waals surface area contributed by atoms with E-state index in [2.05, 4.69) is 12.2 Å². The monoisotopic (exact) mass is 317 g/mol. The smallest absolute Gasteiger partial charge is 0.220 e. The molecule has 3 heteroatoms. The zero-order valence-electron chi connectivity index (χ0n) is 14.5. The lowest BCUT2D eigenvalue weighted by molar-refractivity contribution is -0.121. The number of unbranched alkanes of at least 4 members (excludes halogenated alkanes) is 8. The molecule has 0 aromatic heterocycles. The molecule has 128 valence electrons. The van der Waals surface area contributed by atoms with Crippen molar-refractivity contribution in [3.63, 3.8) is 0 Å². The Labute approximate surface area is 140 Å². The second kappa shape index (κ2) is 12.9. The molecule has 0 fully saturated rings. The van der Waals surface area contributed by atoms with Crippen LogP contribution in [0.2, 0.25) is 0 Å². The van der Waals surface area contributed by atoms with Crippen molar-refractivity contribution in [2.24, 2.45) is 0 Å². The van der Waals surface area contributed by atoms with E-state index in [0.717, 1.165) is 12.8 Å². The van der Waals surface area contributed by atoms with Gasteiger partial charge in [0.1, 0.15) is 0 Å². The molecule has 0 aliphatic carbocycles. The van der Waals surface area contributed by atoms with Gasteiger partial charge in [0.15, 0.2) is 5.78 Å². The van der Waals surface area contributed by atoms with Crippen molar-refractivity contribution in [1.29, 1.82) is 0 Å². The Morgan fingerprint density at radius 2 is 1.39 bits per heavy atom. The highest BCUT2D eigenvalue weighted by Crippen LogP contribution is 2.10. The maximum Gasteiger partial charge on any atom is 0.220 e. The van der Waals surface area contributed by atoms with Crippen LogP contribution in [-0.2, 0) is 4.79 Å². The van der Waals surface area contributed by atoms with Crippen LogP contribution in [0.15, 0.2) is 30.3 Å². The zero-order chi connectivity index (χ0) is 16.8. The molecule has 0 heterocycles. The van der Waals surface area contributed by atoms with Crippen molar-refractivity contribution >= 4 is 11.7 Å². The van der Waals surface area contributed by atoms with E-state index in [0.29, 0.717) is 12.0 Å². The van der Waals surface area contributed by atoms with Crippen LogP contribution < -0.4 is 5.32 Å². The Kier molecular flexibility index (Phi) is 10.9. The number of ketones is 1. The van der Waals surface area contributed by atoms with Gasteiger partial charge in [0.25, 0.3) is 0 Å². The van der Waals surface area contributed by atoms with Crippen molar-refractivity contribution in [3.8, 4) is 0 Å². The lowest BCUT2D eigenvalue weighted by Crippen LogP contribution is -2.29. The van der Waals surface area contributed by atoms with Crippen molar-refractivity contribution in [3.05, 3.63) is 35.9 Å². The van der Waals surface area contributed by atoms with Crippen LogP contribution in [0.25, 0.3) is 0 Å². The largest absolute Gasteiger partial charge is 0.349 e. The molecule has 1 amide bonds. The van der Waals surface area contributed by atoms with E-state index >= 15 is 0 Å². The van der Waals surface area contributed by atoms with Crippen molar-refractivity contribution in [2.75, 3.05) is 6.54 Å². The number of carbonyl (C=O) groups excluding carboxylic acids is 2. The Morgan fingerprint density at radius 3 is 2.00 bits per heavy atom. The fraction of sp³-hybridized carbons (Fsp3) is 0.600. The first-order valence-corrected chi connectivity index (χ1v) is 9.09. The minimum atomic E-state index is -0.0361. The highest BCUT2D eigenvalue weighted by atomic mass is 16.2. The van der Waals surface area contributed by atoms with E-state index in [1.165, 1.54) is 44.9 Å². The molecule has 0 unspecified atom stereocenters. The predicted molar refractivity (Wildman–Crippen MR) is 95.6 cm³/mol. The quantitative estimate of drug-likeness (QED) is 0.415. The second-order valence-corrected chi connectivity index (χ2v) is 6.14. The van der Waals surface area contributed by atoms with Crippen LogP contribution in [0, 0.1) is 0 Å². The van der Waals surface area contributed by atoms with Gasteiger partial charge in [-0.1, -0.05) is 88.6 Å². The molecule has 0 atom stereocenters. The summed E-state index contributed by atoms with van der Waals surface area (Å²) in [6, 6.07) is 9.08. The molecule has 0 spiro atoms. The lowest BCUT2D eigenvalue weighted by Gasteiger charge is -2.05. The summed E-state index contributed by atoms with van der Waals surface area (Å²) in [5, 5.41) is 2.72. The summed E-state index contributed by atoms with van der Waals surface area (Å²) >= 11 is 0.